The van der Waals surface area contributed by atoms with Gasteiger partial charge in [-0.2, -0.15) is 5.26 Å². The van der Waals surface area contributed by atoms with Crippen LogP contribution in [0.4, 0.5) is 0 Å². The van der Waals surface area contributed by atoms with Gasteiger partial charge in [-0.1, -0.05) is 58.8 Å². The van der Waals surface area contributed by atoms with E-state index in [9.17, 15) is 5.26 Å². The predicted octanol–water partition coefficient (Wildman–Crippen LogP) is 5.07. The normalized spacial score (nSPS) is 21.1. The largest absolute Gasteiger partial charge is 0.198 e. The average Bonchev–Trinajstić information content (AvgIpc) is 2.21. The summed E-state index contributed by atoms with van der Waals surface area (Å²) in [6.07, 6.45) is 12.6. The second kappa shape index (κ2) is 6.94. The van der Waals surface area contributed by atoms with Crippen molar-refractivity contribution in [1.82, 2.24) is 0 Å². The Balaban J connectivity index is 2.43. The van der Waals surface area contributed by atoms with Crippen molar-refractivity contribution in [3.8, 4) is 6.07 Å². The van der Waals surface area contributed by atoms with Gasteiger partial charge in [0.1, 0.15) is 0 Å². The first-order chi connectivity index (χ1) is 7.68. The minimum absolute atomic E-state index is 0.0370. The number of hydrogen-bond acceptors (Lipinski definition) is 1. The third kappa shape index (κ3) is 4.56. The van der Waals surface area contributed by atoms with Crippen molar-refractivity contribution >= 4 is 0 Å². The summed E-state index contributed by atoms with van der Waals surface area (Å²) in [4.78, 5) is 0. The van der Waals surface area contributed by atoms with Gasteiger partial charge >= 0.3 is 0 Å². The number of rotatable bonds is 4. The molecule has 0 N–H and O–H groups in total. The standard InChI is InChI=1S/C15H27N/c1-14(2)9-8-12-15(13-16)10-6-4-3-5-7-11-15/h14H,3-12H2,1-2H3. The summed E-state index contributed by atoms with van der Waals surface area (Å²) in [5.41, 5.74) is 0.0370. The lowest BCUT2D eigenvalue weighted by Gasteiger charge is -2.28. The van der Waals surface area contributed by atoms with Gasteiger partial charge in [-0.05, 0) is 25.2 Å². The summed E-state index contributed by atoms with van der Waals surface area (Å²) in [6.45, 7) is 4.55. The molecule has 0 heterocycles. The predicted molar refractivity (Wildman–Crippen MR) is 69.1 cm³/mol. The van der Waals surface area contributed by atoms with Crippen molar-refractivity contribution in [3.63, 3.8) is 0 Å². The zero-order chi connectivity index (χ0) is 11.9. The molecule has 0 radical (unpaired) electrons. The quantitative estimate of drug-likeness (QED) is 0.650. The summed E-state index contributed by atoms with van der Waals surface area (Å²) < 4.78 is 0. The van der Waals surface area contributed by atoms with E-state index in [1.165, 1.54) is 44.9 Å². The Labute approximate surface area is 101 Å². The molecule has 0 bridgehead atoms. The van der Waals surface area contributed by atoms with Crippen molar-refractivity contribution in [2.75, 3.05) is 0 Å². The zero-order valence-corrected chi connectivity index (χ0v) is 11.1. The van der Waals surface area contributed by atoms with Gasteiger partial charge < -0.3 is 0 Å². The van der Waals surface area contributed by atoms with Crippen LogP contribution in [0.5, 0.6) is 0 Å². The Bertz CT molecular complexity index is 216. The average molecular weight is 221 g/mol. The molecule has 92 valence electrons. The maximum Gasteiger partial charge on any atom is 0.0689 e. The lowest BCUT2D eigenvalue weighted by Crippen LogP contribution is -2.20. The molecule has 0 aromatic carbocycles. The van der Waals surface area contributed by atoms with Crippen molar-refractivity contribution in [2.24, 2.45) is 11.3 Å². The van der Waals surface area contributed by atoms with Gasteiger partial charge in [0.25, 0.3) is 0 Å². The van der Waals surface area contributed by atoms with E-state index < -0.39 is 0 Å². The molecule has 0 saturated heterocycles. The van der Waals surface area contributed by atoms with Crippen molar-refractivity contribution in [1.29, 1.82) is 5.26 Å². The SMILES string of the molecule is CC(C)CCCC1(C#N)CCCCCCC1. The van der Waals surface area contributed by atoms with Crippen LogP contribution in [-0.4, -0.2) is 0 Å². The van der Waals surface area contributed by atoms with Crippen LogP contribution in [0, 0.1) is 22.7 Å². The zero-order valence-electron chi connectivity index (χ0n) is 11.1. The minimum Gasteiger partial charge on any atom is -0.198 e. The van der Waals surface area contributed by atoms with E-state index in [0.717, 1.165) is 25.2 Å². The monoisotopic (exact) mass is 221 g/mol. The summed E-state index contributed by atoms with van der Waals surface area (Å²) in [7, 11) is 0. The van der Waals surface area contributed by atoms with Crippen LogP contribution < -0.4 is 0 Å². The summed E-state index contributed by atoms with van der Waals surface area (Å²) in [6, 6.07) is 2.66. The second-order valence-electron chi connectivity index (χ2n) is 5.95. The van der Waals surface area contributed by atoms with Gasteiger partial charge in [0.15, 0.2) is 0 Å². The van der Waals surface area contributed by atoms with Crippen LogP contribution in [0.1, 0.15) is 78.1 Å². The Kier molecular flexibility index (Phi) is 5.88. The molecule has 0 atom stereocenters. The van der Waals surface area contributed by atoms with Gasteiger partial charge in [-0.15, -0.1) is 0 Å². The molecule has 16 heavy (non-hydrogen) atoms. The smallest absolute Gasteiger partial charge is 0.0689 e. The molecule has 0 amide bonds. The fourth-order valence-corrected chi connectivity index (χ4v) is 2.85. The van der Waals surface area contributed by atoms with Gasteiger partial charge in [-0.25, -0.2) is 0 Å². The molecule has 1 nitrogen and oxygen atoms in total. The Morgan fingerprint density at radius 2 is 1.62 bits per heavy atom. The third-order valence-electron chi connectivity index (χ3n) is 3.98. The molecule has 0 unspecified atom stereocenters. The number of nitrogens with zero attached hydrogens (tertiary/aromatic N) is 1. The highest BCUT2D eigenvalue weighted by Crippen LogP contribution is 2.38. The van der Waals surface area contributed by atoms with Crippen LogP contribution >= 0.6 is 0 Å². The maximum absolute atomic E-state index is 9.47. The molecule has 1 saturated carbocycles. The van der Waals surface area contributed by atoms with Gasteiger partial charge in [0.2, 0.25) is 0 Å². The van der Waals surface area contributed by atoms with Crippen molar-refractivity contribution < 1.29 is 0 Å². The highest BCUT2D eigenvalue weighted by atomic mass is 14.4. The molecular formula is C15H27N. The molecule has 0 aliphatic heterocycles. The fraction of sp³-hybridized carbons (Fsp3) is 0.933. The number of nitriles is 1. The molecule has 0 aromatic heterocycles. The summed E-state index contributed by atoms with van der Waals surface area (Å²) >= 11 is 0. The first-order valence-electron chi connectivity index (χ1n) is 7.10. The van der Waals surface area contributed by atoms with Crippen LogP contribution in [0.3, 0.4) is 0 Å². The Morgan fingerprint density at radius 1 is 1.06 bits per heavy atom. The van der Waals surface area contributed by atoms with Crippen molar-refractivity contribution in [3.05, 3.63) is 0 Å². The molecule has 1 aliphatic carbocycles. The third-order valence-corrected chi connectivity index (χ3v) is 3.98. The summed E-state index contributed by atoms with van der Waals surface area (Å²) in [5, 5.41) is 9.47. The van der Waals surface area contributed by atoms with E-state index >= 15 is 0 Å². The maximum atomic E-state index is 9.47. The summed E-state index contributed by atoms with van der Waals surface area (Å²) in [5.74, 6) is 0.782. The van der Waals surface area contributed by atoms with Crippen molar-refractivity contribution in [2.45, 2.75) is 78.1 Å². The van der Waals surface area contributed by atoms with E-state index in [0.29, 0.717) is 0 Å². The van der Waals surface area contributed by atoms with Crippen LogP contribution in [0.2, 0.25) is 0 Å². The fourth-order valence-electron chi connectivity index (χ4n) is 2.85. The number of hydrogen-bond donors (Lipinski definition) is 0. The first-order valence-corrected chi connectivity index (χ1v) is 7.10. The Hall–Kier alpha value is -0.510. The van der Waals surface area contributed by atoms with E-state index in [2.05, 4.69) is 19.9 Å². The minimum atomic E-state index is 0.0370. The van der Waals surface area contributed by atoms with E-state index in [-0.39, 0.29) is 5.41 Å². The highest BCUT2D eigenvalue weighted by Gasteiger charge is 2.29. The van der Waals surface area contributed by atoms with Gasteiger partial charge in [0, 0.05) is 0 Å². The second-order valence-corrected chi connectivity index (χ2v) is 5.95. The molecule has 0 spiro atoms. The molecule has 0 aromatic rings. The van der Waals surface area contributed by atoms with Gasteiger partial charge in [-0.3, -0.25) is 0 Å². The lowest BCUT2D eigenvalue weighted by molar-refractivity contribution is 0.257. The molecular weight excluding hydrogens is 194 g/mol. The first kappa shape index (κ1) is 13.6. The lowest BCUT2D eigenvalue weighted by atomic mass is 9.74. The van der Waals surface area contributed by atoms with E-state index in [1.807, 2.05) is 0 Å². The highest BCUT2D eigenvalue weighted by molar-refractivity contribution is 4.99. The van der Waals surface area contributed by atoms with Crippen LogP contribution in [0.25, 0.3) is 0 Å². The Morgan fingerprint density at radius 3 is 2.12 bits per heavy atom. The van der Waals surface area contributed by atoms with E-state index in [1.54, 1.807) is 0 Å². The van der Waals surface area contributed by atoms with Gasteiger partial charge in [0.05, 0.1) is 11.5 Å². The molecule has 1 rings (SSSR count). The topological polar surface area (TPSA) is 23.8 Å². The molecule has 1 aliphatic rings. The van der Waals surface area contributed by atoms with Crippen LogP contribution in [0.15, 0.2) is 0 Å². The molecule has 1 fully saturated rings. The van der Waals surface area contributed by atoms with E-state index in [4.69, 9.17) is 0 Å². The van der Waals surface area contributed by atoms with Crippen LogP contribution in [-0.2, 0) is 0 Å². The molecule has 1 heteroatoms.